The molecule has 124 heavy (non-hydrogen) atoms. The minimum absolute atomic E-state index is 0. The van der Waals surface area contributed by atoms with Gasteiger partial charge in [0.1, 0.15) is 66.2 Å². The molecule has 678 valence electrons. The summed E-state index contributed by atoms with van der Waals surface area (Å²) >= 11 is 0. The van der Waals surface area contributed by atoms with Gasteiger partial charge in [0.05, 0.1) is 23.6 Å². The van der Waals surface area contributed by atoms with E-state index in [2.05, 4.69) is 114 Å². The van der Waals surface area contributed by atoms with Crippen LogP contribution < -0.4 is 42.5 Å². The molecule has 0 bridgehead atoms. The Kier molecular flexibility index (Phi) is 32.3. The Morgan fingerprint density at radius 1 is 0.500 bits per heavy atom. The lowest BCUT2D eigenvalue weighted by atomic mass is 9.91. The second kappa shape index (κ2) is 41.9. The van der Waals surface area contributed by atoms with Crippen LogP contribution in [0.4, 0.5) is 9.59 Å². The number of ether oxygens (including phenoxy) is 2. The van der Waals surface area contributed by atoms with Crippen LogP contribution in [0, 0.1) is 20.8 Å². The minimum atomic E-state index is -2.00. The van der Waals surface area contributed by atoms with Crippen LogP contribution in [-0.4, -0.2) is 200 Å². The fourth-order valence-electron chi connectivity index (χ4n) is 17.1. The van der Waals surface area contributed by atoms with Gasteiger partial charge in [-0.1, -0.05) is 71.4 Å². The molecular formula is C91H135N15O16Si2. The number of amides is 2. The number of benzene rings is 3. The number of carboxylic acid groups (broad SMARTS) is 2. The van der Waals surface area contributed by atoms with Crippen LogP contribution in [0.5, 0.6) is 17.2 Å². The van der Waals surface area contributed by atoms with Gasteiger partial charge < -0.3 is 83.4 Å². The molecule has 3 aromatic carbocycles. The second-order valence-corrected chi connectivity index (χ2v) is 46.4. The van der Waals surface area contributed by atoms with E-state index in [0.29, 0.717) is 99.0 Å². The number of aromatic hydroxyl groups is 1. The number of hydrogen-bond donors (Lipinski definition) is 7. The molecule has 3 fully saturated rings. The van der Waals surface area contributed by atoms with Crippen LogP contribution in [0.25, 0.3) is 32.9 Å². The van der Waals surface area contributed by atoms with Crippen LogP contribution in [0.2, 0.25) is 36.3 Å². The second-order valence-electron chi connectivity index (χ2n) is 36.9. The van der Waals surface area contributed by atoms with Crippen molar-refractivity contribution in [2.45, 2.75) is 271 Å². The summed E-state index contributed by atoms with van der Waals surface area (Å²) in [5.41, 5.74) is 15.6. The number of nitrogens with two attached hydrogens (primary N) is 1. The number of hydrogen-bond acceptors (Lipinski definition) is 24. The lowest BCUT2D eigenvalue weighted by Crippen LogP contribution is -2.44. The summed E-state index contributed by atoms with van der Waals surface area (Å²) in [6.45, 7) is 42.5. The van der Waals surface area contributed by atoms with Gasteiger partial charge in [-0.25, -0.2) is 24.5 Å². The zero-order valence-corrected chi connectivity index (χ0v) is 76.6. The van der Waals surface area contributed by atoms with Gasteiger partial charge >= 0.3 is 12.2 Å². The summed E-state index contributed by atoms with van der Waals surface area (Å²) in [4.78, 5) is 82.4. The molecule has 0 saturated carbocycles. The van der Waals surface area contributed by atoms with Crippen LogP contribution in [0.3, 0.4) is 0 Å². The molecule has 12 heterocycles. The van der Waals surface area contributed by atoms with Gasteiger partial charge in [0.2, 0.25) is 0 Å². The average molecular weight is 1750 g/mol. The highest BCUT2D eigenvalue weighted by atomic mass is 28.4. The summed E-state index contributed by atoms with van der Waals surface area (Å²) in [6, 6.07) is 16.7. The first-order valence-corrected chi connectivity index (χ1v) is 50.2. The van der Waals surface area contributed by atoms with Gasteiger partial charge in [-0.2, -0.15) is 0 Å². The van der Waals surface area contributed by atoms with Gasteiger partial charge in [0.15, 0.2) is 33.4 Å². The zero-order valence-electron chi connectivity index (χ0n) is 74.6. The zero-order chi connectivity index (χ0) is 88.2. The van der Waals surface area contributed by atoms with E-state index < -0.39 is 34.9 Å². The maximum Gasteiger partial charge on any atom is 0.404 e. The third-order valence-corrected chi connectivity index (χ3v) is 35.3. The number of phenolic OH excluding ortho intramolecular Hbond substituents is 1. The molecular weight excluding hydrogens is 1620 g/mol. The van der Waals surface area contributed by atoms with Crippen molar-refractivity contribution in [1.82, 2.24) is 69.5 Å². The largest absolute Gasteiger partial charge is 0.508 e. The quantitative estimate of drug-likeness (QED) is 0.0206. The number of aliphatic hydroxyl groups excluding tert-OH is 1. The number of aryl methyl sites for hydroxylation is 3. The number of nitrogens with one attached hydrogen (secondary N) is 2. The first-order chi connectivity index (χ1) is 58.6. The number of fused-ring (bicyclic) bond motifs is 6. The monoisotopic (exact) mass is 1750 g/mol. The Morgan fingerprint density at radius 2 is 0.847 bits per heavy atom. The molecule has 15 rings (SSSR count). The van der Waals surface area contributed by atoms with Crippen molar-refractivity contribution in [1.29, 1.82) is 0 Å². The first kappa shape index (κ1) is 95.5. The molecule has 6 aliphatic heterocycles. The molecule has 3 atom stereocenters. The van der Waals surface area contributed by atoms with E-state index in [1.807, 2.05) is 73.2 Å². The Hall–Kier alpha value is -9.20. The summed E-state index contributed by atoms with van der Waals surface area (Å²) < 4.78 is 46.8. The van der Waals surface area contributed by atoms with E-state index in [1.54, 1.807) is 22.8 Å². The number of rotatable bonds is 25. The third-order valence-electron chi connectivity index (χ3n) is 26.4. The van der Waals surface area contributed by atoms with E-state index in [4.69, 9.17) is 57.8 Å². The predicted octanol–water partition coefficient (Wildman–Crippen LogP) is 14.9. The van der Waals surface area contributed by atoms with E-state index in [9.17, 15) is 34.2 Å². The fraction of sp³-hybridized carbons (Fsp3) is 0.615. The average Bonchev–Trinajstić information content (AvgIpc) is 1.37. The molecule has 0 radical (unpaired) electrons. The minimum Gasteiger partial charge on any atom is -0.508 e. The fourth-order valence-corrected chi connectivity index (χ4v) is 19.7. The van der Waals surface area contributed by atoms with Gasteiger partial charge in [-0.15, -0.1) is 0 Å². The number of piperidine rings is 3. The predicted molar refractivity (Wildman–Crippen MR) is 484 cm³/mol. The number of nitrogens with zero attached hydrogens (tertiary/aromatic N) is 12. The molecule has 3 saturated heterocycles. The number of likely N-dealkylation sites (tertiary alicyclic amines) is 3. The summed E-state index contributed by atoms with van der Waals surface area (Å²) in [6.07, 6.45) is 11.2. The van der Waals surface area contributed by atoms with Crippen LogP contribution in [0.1, 0.15) is 244 Å². The molecule has 9 aromatic rings. The summed E-state index contributed by atoms with van der Waals surface area (Å²) in [5, 5.41) is 57.3. The Bertz CT molecular complexity index is 5290. The van der Waals surface area contributed by atoms with E-state index in [0.717, 1.165) is 232 Å². The molecule has 33 heteroatoms. The van der Waals surface area contributed by atoms with Gasteiger partial charge in [-0.05, 0) is 235 Å². The van der Waals surface area contributed by atoms with Crippen molar-refractivity contribution >= 4 is 61.7 Å². The van der Waals surface area contributed by atoms with Gasteiger partial charge in [0, 0.05) is 138 Å². The molecule has 31 nitrogen and oxygen atoms in total. The lowest BCUT2D eigenvalue weighted by Gasteiger charge is -2.40. The lowest BCUT2D eigenvalue weighted by molar-refractivity contribution is 0.129. The Morgan fingerprint density at radius 3 is 1.21 bits per heavy atom. The highest BCUT2D eigenvalue weighted by molar-refractivity contribution is 6.74. The molecule has 6 aliphatic rings. The highest BCUT2D eigenvalue weighted by Gasteiger charge is 2.43. The molecule has 6 aromatic heterocycles. The normalized spacial score (nSPS) is 18.3. The van der Waals surface area contributed by atoms with E-state index in [1.165, 1.54) is 0 Å². The summed E-state index contributed by atoms with van der Waals surface area (Å²) in [5.74, 6) is 4.70. The van der Waals surface area contributed by atoms with Gasteiger partial charge in [-0.3, -0.25) is 28.1 Å². The Balaban J connectivity index is 0.000000174. The summed E-state index contributed by atoms with van der Waals surface area (Å²) in [7, 11) is -3.97. The molecule has 8 N–H and O–H groups in total. The van der Waals surface area contributed by atoms with Crippen LogP contribution >= 0.6 is 0 Å². The van der Waals surface area contributed by atoms with Crippen molar-refractivity contribution in [3.05, 3.63) is 154 Å². The topological polar surface area (TPSA) is 395 Å². The number of aliphatic hydroxyl groups is 1. The molecule has 3 unspecified atom stereocenters. The number of phenols is 1. The van der Waals surface area contributed by atoms with Crippen molar-refractivity contribution in [3.63, 3.8) is 0 Å². The molecule has 2 amide bonds. The van der Waals surface area contributed by atoms with E-state index >= 15 is 0 Å². The van der Waals surface area contributed by atoms with Crippen LogP contribution in [0.15, 0.2) is 82.6 Å². The van der Waals surface area contributed by atoms with Crippen molar-refractivity contribution in [2.75, 3.05) is 91.8 Å². The number of carbonyl (C=O) groups is 2. The van der Waals surface area contributed by atoms with Crippen molar-refractivity contribution in [3.8, 4) is 17.2 Å². The molecule has 0 spiro atoms. The number of aromatic nitrogens is 9. The Labute approximate surface area is 729 Å². The third kappa shape index (κ3) is 23.1. The smallest absolute Gasteiger partial charge is 0.404 e. The van der Waals surface area contributed by atoms with Crippen molar-refractivity contribution < 1.29 is 61.9 Å². The maximum atomic E-state index is 13.7. The van der Waals surface area contributed by atoms with Gasteiger partial charge in [0.25, 0.3) is 16.7 Å². The highest BCUT2D eigenvalue weighted by Crippen LogP contribution is 2.45. The maximum absolute atomic E-state index is 13.7. The SMILES string of the molecule is C.CCCNC(=O)O.Cc1nc2n(c(=O)c1CCN1CCC(c3noc4cc(O)ccc34)CC1)CCCC2O[Si](C)(C)C(C)(C)C.Cc1nc2n(c(=O)c1CCN1CCC(c3noc4cc(OCCN)ccc34)CC1)CCCC2O.Cc1nc2n(c(=O)c1CCN1CCC(c3noc4cc(OCCNC(=O)O)ccc34)CC1)CCCC2O[Si](C)(C)C(C)(C)C. The van der Waals surface area contributed by atoms with Crippen molar-refractivity contribution in [2.24, 2.45) is 5.73 Å². The van der Waals surface area contributed by atoms with Crippen LogP contribution in [-0.2, 0) is 47.7 Å². The first-order valence-electron chi connectivity index (χ1n) is 44.4. The molecule has 0 aliphatic carbocycles. The van der Waals surface area contributed by atoms with E-state index in [-0.39, 0.29) is 65.3 Å². The standard InChI is InChI=1S/C32H47N5O6Si.C29H42N4O4Si.C25H33N5O4.C4H9NO2.CH4/c1-21-24(30(38)37-15-7-8-26(29(37)34-21)43-44(5,6)32(2,3)4)13-18-36-16-11-22(12-17-36)28-25-10-9-23(20-27(25)42-35-28)41-19-14-33-31(39)40;1-19-22(28(35)33-14-7-8-24(27(33)30-19)37-38(5,6)29(2,3)4)13-17-32-15-11-20(12-16-32)26-23-10-9-21(34)18-25(23)36-31-26;1-16-19(25(32)30-10-2-3-21(31)24(30)27-16)8-13-29-11-6-17(7-12-29)23-20-5-4-18(33-14-9-26)15-22(20)34-28-23;1-2-3-5-4(6)7;/h9-10,20,22,26,33H,7-8,11-19H2,1-6H3,(H,39,40);9-10,18,20,24,34H,7-8,11-17H2,1-6H3;4-5,15,17,21,31H,2-3,6-14,26H2,1H3;5H,2-3H2,1H3,(H,6,7);1H4.